The summed E-state index contributed by atoms with van der Waals surface area (Å²) in [5.41, 5.74) is 1.36. The highest BCUT2D eigenvalue weighted by Crippen LogP contribution is 2.19. The number of para-hydroxylation sites is 1. The number of piperazine rings is 1. The fourth-order valence-electron chi connectivity index (χ4n) is 3.83. The third-order valence-corrected chi connectivity index (χ3v) is 5.93. The molecule has 1 heterocycles. The second-order valence-electron chi connectivity index (χ2n) is 8.10. The zero-order valence-electron chi connectivity index (χ0n) is 18.8. The lowest BCUT2D eigenvalue weighted by molar-refractivity contribution is -0.117. The van der Waals surface area contributed by atoms with Gasteiger partial charge in [0.25, 0.3) is 11.8 Å². The van der Waals surface area contributed by atoms with Crippen LogP contribution in [0.2, 0.25) is 5.02 Å². The second-order valence-corrected chi connectivity index (χ2v) is 8.54. The lowest BCUT2D eigenvalue weighted by Crippen LogP contribution is -2.50. The maximum Gasteiger partial charge on any atom is 0.257 e. The molecule has 0 saturated carbocycles. The zero-order chi connectivity index (χ0) is 24.8. The number of amides is 3. The Morgan fingerprint density at radius 3 is 2.11 bits per heavy atom. The molecule has 0 radical (unpaired) electrons. The van der Waals surface area contributed by atoms with Crippen molar-refractivity contribution in [2.24, 2.45) is 0 Å². The third-order valence-electron chi connectivity index (χ3n) is 5.68. The van der Waals surface area contributed by atoms with Gasteiger partial charge in [0.2, 0.25) is 5.91 Å². The van der Waals surface area contributed by atoms with Crippen molar-refractivity contribution in [1.82, 2.24) is 9.80 Å². The van der Waals surface area contributed by atoms with Crippen molar-refractivity contribution < 1.29 is 18.8 Å². The van der Waals surface area contributed by atoms with E-state index in [9.17, 15) is 18.8 Å². The number of carbonyl (C=O) groups is 3. The van der Waals surface area contributed by atoms with Crippen LogP contribution < -0.4 is 10.6 Å². The van der Waals surface area contributed by atoms with Gasteiger partial charge in [-0.25, -0.2) is 4.39 Å². The summed E-state index contributed by atoms with van der Waals surface area (Å²) < 4.78 is 13.9. The minimum atomic E-state index is -0.543. The van der Waals surface area contributed by atoms with Crippen molar-refractivity contribution >= 4 is 40.7 Å². The quantitative estimate of drug-likeness (QED) is 0.540. The number of nitrogens with zero attached hydrogens (tertiary/aromatic N) is 2. The summed E-state index contributed by atoms with van der Waals surface area (Å²) in [6, 6.07) is 19.4. The highest BCUT2D eigenvalue weighted by atomic mass is 35.5. The van der Waals surface area contributed by atoms with Crippen molar-refractivity contribution in [3.05, 3.63) is 94.8 Å². The van der Waals surface area contributed by atoms with Crippen molar-refractivity contribution in [2.75, 3.05) is 43.4 Å². The summed E-state index contributed by atoms with van der Waals surface area (Å²) in [5.74, 6) is -1.53. The van der Waals surface area contributed by atoms with E-state index in [-0.39, 0.29) is 29.8 Å². The van der Waals surface area contributed by atoms with Gasteiger partial charge in [-0.15, -0.1) is 0 Å². The van der Waals surface area contributed by atoms with Crippen LogP contribution in [0.5, 0.6) is 0 Å². The molecule has 3 amide bonds. The zero-order valence-corrected chi connectivity index (χ0v) is 19.6. The minimum Gasteiger partial charge on any atom is -0.336 e. The standard InChI is InChI=1S/C26H24ClFN4O3/c27-18-9-11-19(12-10-18)29-25(34)21-6-2-4-8-23(21)30-24(33)17-31-13-15-32(16-14-31)26(35)20-5-1-3-7-22(20)28/h1-12H,13-17H2,(H,29,34)(H,30,33). The molecule has 1 aliphatic heterocycles. The fourth-order valence-corrected chi connectivity index (χ4v) is 3.95. The van der Waals surface area contributed by atoms with Gasteiger partial charge >= 0.3 is 0 Å². The van der Waals surface area contributed by atoms with E-state index in [1.165, 1.54) is 12.1 Å². The van der Waals surface area contributed by atoms with E-state index in [2.05, 4.69) is 10.6 Å². The van der Waals surface area contributed by atoms with Gasteiger partial charge in [0.05, 0.1) is 23.4 Å². The molecule has 0 bridgehead atoms. The number of halogens is 2. The molecule has 0 aliphatic carbocycles. The highest BCUT2D eigenvalue weighted by Gasteiger charge is 2.25. The number of rotatable bonds is 6. The number of nitrogens with one attached hydrogen (secondary N) is 2. The molecule has 4 rings (SSSR count). The van der Waals surface area contributed by atoms with Crippen molar-refractivity contribution in [1.29, 1.82) is 0 Å². The van der Waals surface area contributed by atoms with Gasteiger partial charge in [0.15, 0.2) is 0 Å². The summed E-state index contributed by atoms with van der Waals surface area (Å²) in [6.07, 6.45) is 0. The van der Waals surface area contributed by atoms with Crippen LogP contribution in [0.4, 0.5) is 15.8 Å². The number of benzene rings is 3. The molecule has 7 nitrogen and oxygen atoms in total. The summed E-state index contributed by atoms with van der Waals surface area (Å²) in [4.78, 5) is 41.5. The Bertz CT molecular complexity index is 1230. The first-order valence-electron chi connectivity index (χ1n) is 11.1. The topological polar surface area (TPSA) is 81.8 Å². The number of hydrogen-bond acceptors (Lipinski definition) is 4. The van der Waals surface area contributed by atoms with Crippen molar-refractivity contribution in [3.8, 4) is 0 Å². The largest absolute Gasteiger partial charge is 0.336 e. The van der Waals surface area contributed by atoms with Gasteiger partial charge < -0.3 is 15.5 Å². The molecule has 0 spiro atoms. The maximum atomic E-state index is 13.9. The van der Waals surface area contributed by atoms with Gasteiger partial charge in [0.1, 0.15) is 5.82 Å². The van der Waals surface area contributed by atoms with Gasteiger partial charge in [-0.1, -0.05) is 35.9 Å². The van der Waals surface area contributed by atoms with Gasteiger partial charge in [-0.05, 0) is 48.5 Å². The average Bonchev–Trinajstić information content (AvgIpc) is 2.86. The molecule has 0 atom stereocenters. The van der Waals surface area contributed by atoms with E-state index in [1.807, 2.05) is 4.90 Å². The van der Waals surface area contributed by atoms with E-state index in [4.69, 9.17) is 11.6 Å². The van der Waals surface area contributed by atoms with Crippen LogP contribution in [0.25, 0.3) is 0 Å². The summed E-state index contributed by atoms with van der Waals surface area (Å²) >= 11 is 5.89. The van der Waals surface area contributed by atoms with Crippen LogP contribution in [0.1, 0.15) is 20.7 Å². The van der Waals surface area contributed by atoms with E-state index < -0.39 is 5.82 Å². The lowest BCUT2D eigenvalue weighted by atomic mass is 10.1. The maximum absolute atomic E-state index is 13.9. The number of hydrogen-bond donors (Lipinski definition) is 2. The van der Waals surface area contributed by atoms with Crippen LogP contribution in [-0.4, -0.2) is 60.2 Å². The van der Waals surface area contributed by atoms with Gasteiger partial charge in [-0.3, -0.25) is 19.3 Å². The molecule has 3 aromatic rings. The molecule has 2 N–H and O–H groups in total. The molecule has 9 heteroatoms. The summed E-state index contributed by atoms with van der Waals surface area (Å²) in [6.45, 7) is 1.84. The van der Waals surface area contributed by atoms with Crippen LogP contribution in [0.3, 0.4) is 0 Å². The molecule has 1 fully saturated rings. The Labute approximate surface area is 207 Å². The van der Waals surface area contributed by atoms with Gasteiger partial charge in [0, 0.05) is 36.9 Å². The molecule has 1 saturated heterocycles. The Hall–Kier alpha value is -3.75. The highest BCUT2D eigenvalue weighted by molar-refractivity contribution is 6.30. The van der Waals surface area contributed by atoms with E-state index in [1.54, 1.807) is 65.6 Å². The first kappa shape index (κ1) is 24.4. The fraction of sp³-hybridized carbons (Fsp3) is 0.192. The Balaban J connectivity index is 1.32. The molecule has 0 aromatic heterocycles. The van der Waals surface area contributed by atoms with E-state index >= 15 is 0 Å². The first-order chi connectivity index (χ1) is 16.9. The number of anilines is 2. The lowest BCUT2D eigenvalue weighted by Gasteiger charge is -2.34. The SMILES string of the molecule is O=C(CN1CCN(C(=O)c2ccccc2F)CC1)Nc1ccccc1C(=O)Nc1ccc(Cl)cc1. The first-order valence-corrected chi connectivity index (χ1v) is 11.5. The third kappa shape index (κ3) is 6.23. The Kier molecular flexibility index (Phi) is 7.74. The number of carbonyl (C=O) groups excluding carboxylic acids is 3. The van der Waals surface area contributed by atoms with Crippen LogP contribution in [-0.2, 0) is 4.79 Å². The molecule has 1 aliphatic rings. The molecular weight excluding hydrogens is 471 g/mol. The predicted molar refractivity (Wildman–Crippen MR) is 133 cm³/mol. The van der Waals surface area contributed by atoms with Crippen molar-refractivity contribution in [3.63, 3.8) is 0 Å². The normalized spacial score (nSPS) is 13.8. The van der Waals surface area contributed by atoms with Crippen LogP contribution >= 0.6 is 11.6 Å². The summed E-state index contributed by atoms with van der Waals surface area (Å²) in [5, 5.41) is 6.16. The molecular formula is C26H24ClFN4O3. The predicted octanol–water partition coefficient (Wildman–Crippen LogP) is 4.13. The van der Waals surface area contributed by atoms with Crippen molar-refractivity contribution in [2.45, 2.75) is 0 Å². The average molecular weight is 495 g/mol. The monoisotopic (exact) mass is 494 g/mol. The molecule has 180 valence electrons. The molecule has 0 unspecified atom stereocenters. The smallest absolute Gasteiger partial charge is 0.257 e. The Morgan fingerprint density at radius 2 is 1.43 bits per heavy atom. The second kappa shape index (κ2) is 11.1. The van der Waals surface area contributed by atoms with Gasteiger partial charge in [-0.2, -0.15) is 0 Å². The molecule has 35 heavy (non-hydrogen) atoms. The molecule has 3 aromatic carbocycles. The van der Waals surface area contributed by atoms with E-state index in [0.29, 0.717) is 48.1 Å². The minimum absolute atomic E-state index is 0.0483. The summed E-state index contributed by atoms with van der Waals surface area (Å²) in [7, 11) is 0. The van der Waals surface area contributed by atoms with E-state index in [0.717, 1.165) is 0 Å². The van der Waals surface area contributed by atoms with Crippen LogP contribution in [0.15, 0.2) is 72.8 Å². The van der Waals surface area contributed by atoms with Crippen LogP contribution in [0, 0.1) is 5.82 Å². The Morgan fingerprint density at radius 1 is 0.800 bits per heavy atom.